The quantitative estimate of drug-likeness (QED) is 0.468. The number of halogens is 7. The molecule has 76 valence electrons. The van der Waals surface area contributed by atoms with Crippen molar-refractivity contribution >= 4 is 96.9 Å². The average molecular weight is 371 g/mol. The first-order chi connectivity index (χ1) is 5.57. The van der Waals surface area contributed by atoms with E-state index in [1.54, 1.807) is 11.4 Å². The minimum atomic E-state index is -3.05. The summed E-state index contributed by atoms with van der Waals surface area (Å²) in [7, 11) is 0. The molecule has 0 saturated carbocycles. The van der Waals surface area contributed by atoms with Gasteiger partial charge in [0.2, 0.25) is 0 Å². The standard InChI is InChI=1S/C3H3Cl7Si3/c4-11(5)1-2-12(6,7)3(11)13(8,9)10/h1-3H. The first-order valence-corrected chi connectivity index (χ1v) is 16.6. The Morgan fingerprint density at radius 3 is 1.31 bits per heavy atom. The summed E-state index contributed by atoms with van der Waals surface area (Å²) >= 11 is 41.9. The molecule has 0 bridgehead atoms. The maximum absolute atomic E-state index is 6.07. The fraction of sp³-hybridized carbons (Fsp3) is 0.333. The van der Waals surface area contributed by atoms with Crippen LogP contribution in [0.4, 0.5) is 0 Å². The fourth-order valence-corrected chi connectivity index (χ4v) is 41.7. The van der Waals surface area contributed by atoms with Gasteiger partial charge >= 0.3 is 6.00 Å². The van der Waals surface area contributed by atoms with Crippen molar-refractivity contribution in [2.75, 3.05) is 0 Å². The summed E-state index contributed by atoms with van der Waals surface area (Å²) in [6.45, 7) is -5.43. The Kier molecular flexibility index (Phi) is 4.17. The van der Waals surface area contributed by atoms with Gasteiger partial charge in [0.1, 0.15) is 0 Å². The fourth-order valence-electron chi connectivity index (χ4n) is 1.11. The van der Waals surface area contributed by atoms with E-state index in [1.807, 2.05) is 0 Å². The highest BCUT2D eigenvalue weighted by molar-refractivity contribution is 7.78. The van der Waals surface area contributed by atoms with Crippen molar-refractivity contribution in [1.29, 1.82) is 0 Å². The molecule has 0 aromatic rings. The topological polar surface area (TPSA) is 0 Å². The zero-order chi connectivity index (χ0) is 10.5. The van der Waals surface area contributed by atoms with Crippen LogP contribution in [-0.2, 0) is 0 Å². The zero-order valence-electron chi connectivity index (χ0n) is 5.88. The summed E-state index contributed by atoms with van der Waals surface area (Å²) in [5, 5.41) is 0. The van der Waals surface area contributed by atoms with Crippen molar-refractivity contribution in [3.05, 3.63) is 11.4 Å². The third kappa shape index (κ3) is 2.96. The van der Waals surface area contributed by atoms with Gasteiger partial charge in [-0.05, 0) is 0 Å². The van der Waals surface area contributed by atoms with Gasteiger partial charge in [0.15, 0.2) is 0 Å². The second kappa shape index (κ2) is 4.02. The third-order valence-corrected chi connectivity index (χ3v) is 27.2. The Balaban J connectivity index is 3.07. The SMILES string of the molecule is Cl[Si](Cl)(Cl)C1[Si](Cl)(Cl)C=C[Si]1(Cl)Cl. The molecule has 0 saturated heterocycles. The molecule has 0 aromatic carbocycles. The Hall–Kier alpha value is 2.42. The molecule has 0 unspecified atom stereocenters. The molecule has 0 amide bonds. The zero-order valence-corrected chi connectivity index (χ0v) is 14.2. The van der Waals surface area contributed by atoms with Crippen LogP contribution in [0.1, 0.15) is 0 Å². The van der Waals surface area contributed by atoms with Crippen LogP contribution in [0, 0.1) is 0 Å². The lowest BCUT2D eigenvalue weighted by Gasteiger charge is -2.29. The minimum Gasteiger partial charge on any atom is -0.140 e. The van der Waals surface area contributed by atoms with Crippen LogP contribution in [0.5, 0.6) is 0 Å². The summed E-state index contributed by atoms with van der Waals surface area (Å²) < 4.78 is 0. The summed E-state index contributed by atoms with van der Waals surface area (Å²) in [6, 6.07) is -3.05. The molecule has 0 fully saturated rings. The Morgan fingerprint density at radius 1 is 0.846 bits per heavy atom. The highest BCUT2D eigenvalue weighted by atomic mass is 35.8. The van der Waals surface area contributed by atoms with Crippen LogP contribution in [0.3, 0.4) is 0 Å². The van der Waals surface area contributed by atoms with Gasteiger partial charge in [-0.1, -0.05) is 11.4 Å². The highest BCUT2D eigenvalue weighted by Crippen LogP contribution is 2.56. The van der Waals surface area contributed by atoms with E-state index in [0.717, 1.165) is 0 Å². The Bertz CT molecular complexity index is 224. The molecular formula is C3H3Cl7Si3. The smallest absolute Gasteiger partial charge is 0.140 e. The highest BCUT2D eigenvalue weighted by Gasteiger charge is 2.64. The van der Waals surface area contributed by atoms with E-state index < -0.39 is 24.2 Å². The molecule has 0 atom stereocenters. The maximum Gasteiger partial charge on any atom is 0.344 e. The van der Waals surface area contributed by atoms with E-state index in [9.17, 15) is 0 Å². The Morgan fingerprint density at radius 2 is 1.15 bits per heavy atom. The first kappa shape index (κ1) is 13.5. The van der Waals surface area contributed by atoms with Crippen LogP contribution in [0.2, 0.25) is 4.79 Å². The predicted octanol–water partition coefficient (Wildman–Crippen LogP) is 4.58. The monoisotopic (exact) mass is 368 g/mol. The molecule has 0 spiro atoms. The van der Waals surface area contributed by atoms with Crippen molar-refractivity contribution in [2.24, 2.45) is 0 Å². The van der Waals surface area contributed by atoms with Gasteiger partial charge in [0, 0.05) is 4.79 Å². The molecule has 1 heterocycles. The molecular weight excluding hydrogens is 368 g/mol. The van der Waals surface area contributed by atoms with Crippen LogP contribution in [0.25, 0.3) is 0 Å². The molecule has 0 radical (unpaired) electrons. The van der Waals surface area contributed by atoms with E-state index in [0.29, 0.717) is 0 Å². The van der Waals surface area contributed by atoms with Gasteiger partial charge in [0.25, 0.3) is 13.4 Å². The van der Waals surface area contributed by atoms with Gasteiger partial charge in [-0.25, -0.2) is 0 Å². The minimum absolute atomic E-state index is 0.496. The molecule has 1 aliphatic heterocycles. The number of hydrogen-bond donors (Lipinski definition) is 0. The third-order valence-electron chi connectivity index (χ3n) is 1.62. The van der Waals surface area contributed by atoms with Crippen molar-refractivity contribution in [3.8, 4) is 0 Å². The predicted molar refractivity (Wildman–Crippen MR) is 71.1 cm³/mol. The van der Waals surface area contributed by atoms with Gasteiger partial charge in [0.05, 0.1) is 0 Å². The molecule has 0 aliphatic carbocycles. The lowest BCUT2D eigenvalue weighted by molar-refractivity contribution is 1.75. The van der Waals surface area contributed by atoms with Crippen LogP contribution < -0.4 is 0 Å². The van der Waals surface area contributed by atoms with E-state index in [1.165, 1.54) is 0 Å². The second-order valence-electron chi connectivity index (χ2n) is 2.66. The largest absolute Gasteiger partial charge is 0.344 e. The Labute approximate surface area is 112 Å². The second-order valence-corrected chi connectivity index (χ2v) is 26.3. The summed E-state index contributed by atoms with van der Waals surface area (Å²) in [6.07, 6.45) is 0. The van der Waals surface area contributed by atoms with Crippen molar-refractivity contribution in [3.63, 3.8) is 0 Å². The molecule has 0 aromatic heterocycles. The van der Waals surface area contributed by atoms with E-state index in [2.05, 4.69) is 0 Å². The van der Waals surface area contributed by atoms with Crippen LogP contribution >= 0.6 is 77.6 Å². The van der Waals surface area contributed by atoms with Gasteiger partial charge < -0.3 is 0 Å². The van der Waals surface area contributed by atoms with Crippen molar-refractivity contribution in [2.45, 2.75) is 4.79 Å². The first-order valence-electron chi connectivity index (χ1n) is 3.10. The van der Waals surface area contributed by atoms with Gasteiger partial charge in [-0.3, -0.25) is 0 Å². The molecule has 13 heavy (non-hydrogen) atoms. The van der Waals surface area contributed by atoms with E-state index in [4.69, 9.17) is 77.6 Å². The summed E-state index contributed by atoms with van der Waals surface area (Å²) in [4.78, 5) is -0.496. The molecule has 1 rings (SSSR count). The average Bonchev–Trinajstić information content (AvgIpc) is 1.98. The van der Waals surface area contributed by atoms with Crippen LogP contribution in [-0.4, -0.2) is 19.4 Å². The maximum atomic E-state index is 6.07. The molecule has 0 nitrogen and oxygen atoms in total. The van der Waals surface area contributed by atoms with E-state index >= 15 is 0 Å². The number of rotatable bonds is 1. The van der Waals surface area contributed by atoms with Crippen molar-refractivity contribution < 1.29 is 0 Å². The molecule has 10 heteroatoms. The van der Waals surface area contributed by atoms with Gasteiger partial charge in [-0.2, -0.15) is 0 Å². The summed E-state index contributed by atoms with van der Waals surface area (Å²) in [5.41, 5.74) is 3.28. The normalized spacial score (nSPS) is 26.7. The lowest BCUT2D eigenvalue weighted by atomic mass is 11.2. The summed E-state index contributed by atoms with van der Waals surface area (Å²) in [5.74, 6) is 0. The number of hydrogen-bond acceptors (Lipinski definition) is 0. The van der Waals surface area contributed by atoms with E-state index in [-0.39, 0.29) is 0 Å². The molecule has 1 aliphatic rings. The molecule has 0 N–H and O–H groups in total. The van der Waals surface area contributed by atoms with Crippen LogP contribution in [0.15, 0.2) is 11.4 Å². The lowest BCUT2D eigenvalue weighted by Crippen LogP contribution is -2.45. The van der Waals surface area contributed by atoms with Gasteiger partial charge in [-0.15, -0.1) is 77.6 Å². The van der Waals surface area contributed by atoms with Crippen molar-refractivity contribution in [1.82, 2.24) is 0 Å².